The molecule has 1 rings (SSSR count). The summed E-state index contributed by atoms with van der Waals surface area (Å²) in [6.07, 6.45) is -0.797. The summed E-state index contributed by atoms with van der Waals surface area (Å²) >= 11 is 3.23. The van der Waals surface area contributed by atoms with E-state index >= 15 is 0 Å². The monoisotopic (exact) mass is 580 g/mol. The van der Waals surface area contributed by atoms with Gasteiger partial charge in [0.2, 0.25) is 11.8 Å². The van der Waals surface area contributed by atoms with Gasteiger partial charge in [0.15, 0.2) is 0 Å². The number of hydrogen-bond acceptors (Lipinski definition) is 9. The fourth-order valence-corrected chi connectivity index (χ4v) is 4.76. The first-order chi connectivity index (χ1) is 16.4. The Balaban J connectivity index is 2.84. The van der Waals surface area contributed by atoms with Crippen LogP contribution in [0.1, 0.15) is 30.6 Å². The quantitative estimate of drug-likeness (QED) is 0.233. The van der Waals surface area contributed by atoms with Crippen LogP contribution in [-0.4, -0.2) is 86.5 Å². The van der Waals surface area contributed by atoms with Crippen molar-refractivity contribution in [1.29, 1.82) is 0 Å². The summed E-state index contributed by atoms with van der Waals surface area (Å²) in [5.41, 5.74) is -0.102. The van der Waals surface area contributed by atoms with Crippen LogP contribution in [0.15, 0.2) is 22.7 Å². The van der Waals surface area contributed by atoms with Gasteiger partial charge in [0.1, 0.15) is 24.1 Å². The van der Waals surface area contributed by atoms with Gasteiger partial charge < -0.3 is 33.8 Å². The van der Waals surface area contributed by atoms with Crippen molar-refractivity contribution in [2.45, 2.75) is 26.3 Å². The van der Waals surface area contributed by atoms with Crippen LogP contribution >= 0.6 is 23.5 Å². The number of amides is 2. The highest BCUT2D eigenvalue weighted by Crippen LogP contribution is 2.47. The molecule has 0 aliphatic carbocycles. The number of carboxylic acid groups (broad SMARTS) is 1. The topological polar surface area (TPSA) is 158 Å². The molecular weight excluding hydrogens is 551 g/mol. The number of carbonyl (C=O) groups excluding carboxylic acids is 3. The highest BCUT2D eigenvalue weighted by molar-refractivity contribution is 9.10. The second kappa shape index (κ2) is 14.8. The maximum Gasteiger partial charge on any atom is 0.340 e. The molecule has 0 radical (unpaired) electrons. The third-order valence-corrected chi connectivity index (χ3v) is 6.86. The van der Waals surface area contributed by atoms with Crippen LogP contribution in [0.25, 0.3) is 0 Å². The molecule has 0 bridgehead atoms. The molecular formula is C21H30BrN2O10P. The van der Waals surface area contributed by atoms with Crippen LogP contribution in [0.3, 0.4) is 0 Å². The minimum Gasteiger partial charge on any atom is -0.490 e. The molecule has 35 heavy (non-hydrogen) atoms. The molecule has 14 heteroatoms. The van der Waals surface area contributed by atoms with E-state index in [1.807, 2.05) is 0 Å². The summed E-state index contributed by atoms with van der Waals surface area (Å²) in [5.74, 6) is -3.08. The van der Waals surface area contributed by atoms with Crippen molar-refractivity contribution in [3.8, 4) is 5.75 Å². The number of carboxylic acids is 1. The number of nitrogens with one attached hydrogen (secondary N) is 1. The molecule has 196 valence electrons. The van der Waals surface area contributed by atoms with Crippen LogP contribution in [0, 0.1) is 0 Å². The smallest absolute Gasteiger partial charge is 0.340 e. The van der Waals surface area contributed by atoms with E-state index in [0.717, 1.165) is 4.90 Å². The average molecular weight is 581 g/mol. The highest BCUT2D eigenvalue weighted by atomic mass is 79.9. The number of benzene rings is 1. The summed E-state index contributed by atoms with van der Waals surface area (Å²) < 4.78 is 33.5. The molecule has 0 spiro atoms. The van der Waals surface area contributed by atoms with E-state index in [0.29, 0.717) is 4.47 Å². The van der Waals surface area contributed by atoms with E-state index in [2.05, 4.69) is 26.0 Å². The molecule has 0 heterocycles. The zero-order chi connectivity index (χ0) is 26.6. The predicted molar refractivity (Wildman–Crippen MR) is 129 cm³/mol. The number of methoxy groups -OCH3 is 1. The van der Waals surface area contributed by atoms with E-state index in [1.165, 1.54) is 32.4 Å². The number of ether oxygens (including phenoxy) is 2. The first-order valence-corrected chi connectivity index (χ1v) is 13.1. The largest absolute Gasteiger partial charge is 0.490 e. The third kappa shape index (κ3) is 10.8. The van der Waals surface area contributed by atoms with Gasteiger partial charge in [-0.05, 0) is 32.0 Å². The summed E-state index contributed by atoms with van der Waals surface area (Å²) in [6.45, 7) is 2.75. The first kappa shape index (κ1) is 30.6. The molecule has 12 nitrogen and oxygen atoms in total. The lowest BCUT2D eigenvalue weighted by atomic mass is 10.2. The normalized spacial score (nSPS) is 11.9. The molecule has 0 aliphatic heterocycles. The van der Waals surface area contributed by atoms with Gasteiger partial charge in [-0.25, -0.2) is 4.79 Å². The maximum atomic E-state index is 12.6. The molecule has 0 fully saturated rings. The number of esters is 1. The Labute approximate surface area is 211 Å². The van der Waals surface area contributed by atoms with Gasteiger partial charge in [-0.2, -0.15) is 0 Å². The molecule has 0 saturated heterocycles. The number of nitrogens with zero attached hydrogens (tertiary/aromatic N) is 1. The average Bonchev–Trinajstić information content (AvgIpc) is 2.77. The number of hydrogen-bond donors (Lipinski definition) is 2. The van der Waals surface area contributed by atoms with Crippen LogP contribution in [0.2, 0.25) is 0 Å². The number of halogens is 1. The summed E-state index contributed by atoms with van der Waals surface area (Å²) in [5, 5.41) is 11.9. The Morgan fingerprint density at radius 1 is 1.17 bits per heavy atom. The van der Waals surface area contributed by atoms with Gasteiger partial charge in [-0.1, -0.05) is 15.9 Å². The number of aromatic carboxylic acids is 1. The zero-order valence-corrected chi connectivity index (χ0v) is 22.4. The fraction of sp³-hybridized carbons (Fsp3) is 0.524. The van der Waals surface area contributed by atoms with Crippen molar-refractivity contribution < 1.29 is 47.4 Å². The molecule has 0 aromatic heterocycles. The lowest BCUT2D eigenvalue weighted by molar-refractivity contribution is -0.142. The Bertz CT molecular complexity index is 948. The van der Waals surface area contributed by atoms with Crippen molar-refractivity contribution >= 4 is 47.3 Å². The lowest BCUT2D eigenvalue weighted by Gasteiger charge is -2.23. The predicted octanol–water partition coefficient (Wildman–Crippen LogP) is 2.30. The molecule has 2 N–H and O–H groups in total. The van der Waals surface area contributed by atoms with Crippen LogP contribution in [0.5, 0.6) is 5.75 Å². The molecule has 0 unspecified atom stereocenters. The van der Waals surface area contributed by atoms with E-state index in [9.17, 15) is 28.8 Å². The van der Waals surface area contributed by atoms with Gasteiger partial charge >= 0.3 is 19.5 Å². The highest BCUT2D eigenvalue weighted by Gasteiger charge is 2.30. The Morgan fingerprint density at radius 3 is 2.34 bits per heavy atom. The fourth-order valence-electron chi connectivity index (χ4n) is 2.80. The minimum absolute atomic E-state index is 0.0332. The Kier molecular flexibility index (Phi) is 12.9. The lowest BCUT2D eigenvalue weighted by Crippen LogP contribution is -2.46. The van der Waals surface area contributed by atoms with E-state index in [-0.39, 0.29) is 37.6 Å². The van der Waals surface area contributed by atoms with E-state index < -0.39 is 50.1 Å². The van der Waals surface area contributed by atoms with Gasteiger partial charge in [0.05, 0.1) is 39.3 Å². The van der Waals surface area contributed by atoms with Crippen LogP contribution in [0.4, 0.5) is 0 Å². The molecule has 1 atom stereocenters. The van der Waals surface area contributed by atoms with E-state index in [4.69, 9.17) is 13.8 Å². The van der Waals surface area contributed by atoms with E-state index in [1.54, 1.807) is 13.8 Å². The van der Waals surface area contributed by atoms with Gasteiger partial charge in [0.25, 0.3) is 0 Å². The third-order valence-electron chi connectivity index (χ3n) is 4.41. The molecule has 1 aromatic rings. The minimum atomic E-state index is -3.64. The maximum absolute atomic E-state index is 12.6. The molecule has 0 aliphatic rings. The summed E-state index contributed by atoms with van der Waals surface area (Å²) in [6, 6.07) is 3.44. The summed E-state index contributed by atoms with van der Waals surface area (Å²) in [7, 11) is -1.12. The van der Waals surface area contributed by atoms with Gasteiger partial charge in [-0.15, -0.1) is 0 Å². The molecule has 0 saturated carbocycles. The first-order valence-electron chi connectivity index (χ1n) is 10.6. The SMILES string of the molecule is CCOP(=O)(CC(=O)N(C)CC(=O)N[C@H](COc1cc(Br)ccc1C(=O)O)CC(=O)OC)OCC. The Hall–Kier alpha value is -2.47. The van der Waals surface area contributed by atoms with Crippen molar-refractivity contribution in [2.75, 3.05) is 46.7 Å². The molecule has 2 amide bonds. The second-order valence-corrected chi connectivity index (χ2v) is 10.1. The molecule has 1 aromatic carbocycles. The number of rotatable bonds is 15. The van der Waals surface area contributed by atoms with Crippen molar-refractivity contribution in [1.82, 2.24) is 10.2 Å². The number of likely N-dealkylation sites (N-methyl/N-ethyl adjacent to an activating group) is 1. The second-order valence-electron chi connectivity index (χ2n) is 7.16. The zero-order valence-electron chi connectivity index (χ0n) is 19.9. The van der Waals surface area contributed by atoms with Crippen LogP contribution in [-0.2, 0) is 32.7 Å². The van der Waals surface area contributed by atoms with Crippen molar-refractivity contribution in [3.05, 3.63) is 28.2 Å². The van der Waals surface area contributed by atoms with Gasteiger partial charge in [0, 0.05) is 11.5 Å². The Morgan fingerprint density at radius 2 is 1.80 bits per heavy atom. The summed E-state index contributed by atoms with van der Waals surface area (Å²) in [4.78, 5) is 49.3. The van der Waals surface area contributed by atoms with Gasteiger partial charge in [-0.3, -0.25) is 18.9 Å². The van der Waals surface area contributed by atoms with Crippen molar-refractivity contribution in [3.63, 3.8) is 0 Å². The standard InChI is InChI=1S/C21H30BrN2O10P/c1-5-33-35(30,34-6-2)13-19(26)24(3)11-18(25)23-15(10-20(27)31-4)12-32-17-9-14(22)7-8-16(17)21(28)29/h7-9,15H,5-6,10-13H2,1-4H3,(H,23,25)(H,28,29)/t15-/m0/s1. The number of carbonyl (C=O) groups is 4. The van der Waals surface area contributed by atoms with Crippen LogP contribution < -0.4 is 10.1 Å². The van der Waals surface area contributed by atoms with Crippen molar-refractivity contribution in [2.24, 2.45) is 0 Å².